The number of carbonyl (C=O) groups is 1. The second-order valence-electron chi connectivity index (χ2n) is 2.35. The summed E-state index contributed by atoms with van der Waals surface area (Å²) in [6.07, 6.45) is 3.23. The third-order valence-electron chi connectivity index (χ3n) is 1.42. The fourth-order valence-corrected chi connectivity index (χ4v) is 2.30. The Labute approximate surface area is 88.5 Å². The second kappa shape index (κ2) is 8.51. The van der Waals surface area contributed by atoms with Crippen molar-refractivity contribution in [1.82, 2.24) is 0 Å². The molecule has 1 atom stereocenters. The van der Waals surface area contributed by atoms with Crippen LogP contribution in [0.2, 0.25) is 0 Å². The molecule has 13 heavy (non-hydrogen) atoms. The summed E-state index contributed by atoms with van der Waals surface area (Å²) in [5.41, 5.74) is 0. The van der Waals surface area contributed by atoms with Crippen LogP contribution in [0.5, 0.6) is 0 Å². The van der Waals surface area contributed by atoms with Gasteiger partial charge < -0.3 is 4.74 Å². The predicted octanol–water partition coefficient (Wildman–Crippen LogP) is 2.20. The van der Waals surface area contributed by atoms with Crippen molar-refractivity contribution in [1.29, 1.82) is 0 Å². The van der Waals surface area contributed by atoms with E-state index in [-0.39, 0.29) is 5.97 Å². The zero-order valence-electron chi connectivity index (χ0n) is 8.12. The summed E-state index contributed by atoms with van der Waals surface area (Å²) >= 11 is 3.59. The summed E-state index contributed by atoms with van der Waals surface area (Å²) in [4.78, 5) is 10.7. The van der Waals surface area contributed by atoms with E-state index < -0.39 is 0 Å². The van der Waals surface area contributed by atoms with Gasteiger partial charge in [-0.15, -0.1) is 0 Å². The molecule has 0 bridgehead atoms. The average molecular weight is 220 g/mol. The van der Waals surface area contributed by atoms with Crippen molar-refractivity contribution in [3.63, 3.8) is 0 Å². The summed E-state index contributed by atoms with van der Waals surface area (Å²) in [5, 5.41) is 0.397. The standard InChI is InChI=1S/C9H16O2S2/c1-4-9(10)11-6-8(12-3)7-13-5-2/h4,8H,1,5-7H2,2-3H3. The van der Waals surface area contributed by atoms with Gasteiger partial charge in [-0.2, -0.15) is 23.5 Å². The van der Waals surface area contributed by atoms with Crippen LogP contribution in [0.15, 0.2) is 12.7 Å². The smallest absolute Gasteiger partial charge is 0.330 e. The van der Waals surface area contributed by atoms with Crippen molar-refractivity contribution < 1.29 is 9.53 Å². The van der Waals surface area contributed by atoms with Crippen LogP contribution in [-0.4, -0.2) is 35.6 Å². The lowest BCUT2D eigenvalue weighted by molar-refractivity contribution is -0.137. The minimum atomic E-state index is -0.333. The van der Waals surface area contributed by atoms with Gasteiger partial charge in [0.25, 0.3) is 0 Å². The maximum atomic E-state index is 10.7. The van der Waals surface area contributed by atoms with Crippen molar-refractivity contribution >= 4 is 29.5 Å². The van der Waals surface area contributed by atoms with E-state index in [1.807, 2.05) is 18.0 Å². The van der Waals surface area contributed by atoms with Crippen molar-refractivity contribution in [2.45, 2.75) is 12.2 Å². The van der Waals surface area contributed by atoms with Crippen LogP contribution in [-0.2, 0) is 9.53 Å². The summed E-state index contributed by atoms with van der Waals surface area (Å²) in [5.74, 6) is 1.80. The van der Waals surface area contributed by atoms with Gasteiger partial charge in [0.2, 0.25) is 0 Å². The molecule has 0 aromatic rings. The number of rotatable bonds is 7. The minimum absolute atomic E-state index is 0.333. The van der Waals surface area contributed by atoms with Crippen LogP contribution < -0.4 is 0 Å². The molecule has 0 rings (SSSR count). The van der Waals surface area contributed by atoms with Gasteiger partial charge >= 0.3 is 5.97 Å². The number of hydrogen-bond donors (Lipinski definition) is 0. The van der Waals surface area contributed by atoms with E-state index in [0.29, 0.717) is 11.9 Å². The molecule has 0 saturated heterocycles. The Hall–Kier alpha value is -0.0900. The monoisotopic (exact) mass is 220 g/mol. The fraction of sp³-hybridized carbons (Fsp3) is 0.667. The Morgan fingerprint density at radius 3 is 2.85 bits per heavy atom. The van der Waals surface area contributed by atoms with Crippen molar-refractivity contribution in [2.75, 3.05) is 24.4 Å². The first-order chi connectivity index (χ1) is 6.24. The molecule has 4 heteroatoms. The van der Waals surface area contributed by atoms with E-state index in [4.69, 9.17) is 4.74 Å². The highest BCUT2D eigenvalue weighted by Gasteiger charge is 2.08. The summed E-state index contributed by atoms with van der Waals surface area (Å²) in [6, 6.07) is 0. The Balaban J connectivity index is 3.58. The lowest BCUT2D eigenvalue weighted by Crippen LogP contribution is -2.17. The number of thioether (sulfide) groups is 2. The highest BCUT2D eigenvalue weighted by Crippen LogP contribution is 2.13. The third-order valence-corrected chi connectivity index (χ3v) is 3.65. The first-order valence-electron chi connectivity index (χ1n) is 4.14. The van der Waals surface area contributed by atoms with E-state index >= 15 is 0 Å². The van der Waals surface area contributed by atoms with Crippen molar-refractivity contribution in [2.24, 2.45) is 0 Å². The molecule has 0 aromatic heterocycles. The van der Waals surface area contributed by atoms with Crippen LogP contribution in [0.1, 0.15) is 6.92 Å². The van der Waals surface area contributed by atoms with Gasteiger partial charge in [0.15, 0.2) is 0 Å². The van der Waals surface area contributed by atoms with Crippen LogP contribution in [0.3, 0.4) is 0 Å². The topological polar surface area (TPSA) is 26.3 Å². The van der Waals surface area contributed by atoms with E-state index in [9.17, 15) is 4.79 Å². The van der Waals surface area contributed by atoms with Gasteiger partial charge in [-0.3, -0.25) is 0 Å². The van der Waals surface area contributed by atoms with E-state index in [2.05, 4.69) is 13.5 Å². The molecule has 0 heterocycles. The quantitative estimate of drug-likeness (QED) is 0.485. The normalized spacial score (nSPS) is 12.2. The molecule has 0 radical (unpaired) electrons. The van der Waals surface area contributed by atoms with Crippen molar-refractivity contribution in [3.05, 3.63) is 12.7 Å². The molecule has 0 saturated carbocycles. The van der Waals surface area contributed by atoms with Gasteiger partial charge in [-0.05, 0) is 12.0 Å². The molecule has 0 aliphatic rings. The summed E-state index contributed by atoms with van der Waals surface area (Å²) in [7, 11) is 0. The number of hydrogen-bond acceptors (Lipinski definition) is 4. The van der Waals surface area contributed by atoms with Gasteiger partial charge in [0.1, 0.15) is 6.61 Å². The van der Waals surface area contributed by atoms with Crippen LogP contribution in [0.25, 0.3) is 0 Å². The van der Waals surface area contributed by atoms with Gasteiger partial charge in [0.05, 0.1) is 0 Å². The molecule has 0 amide bonds. The lowest BCUT2D eigenvalue weighted by Gasteiger charge is -2.12. The number of ether oxygens (including phenoxy) is 1. The third kappa shape index (κ3) is 7.02. The largest absolute Gasteiger partial charge is 0.461 e. The number of esters is 1. The van der Waals surface area contributed by atoms with Crippen LogP contribution >= 0.6 is 23.5 Å². The highest BCUT2D eigenvalue weighted by molar-refractivity contribution is 8.03. The molecule has 0 fully saturated rings. The first kappa shape index (κ1) is 12.9. The highest BCUT2D eigenvalue weighted by atomic mass is 32.2. The zero-order valence-corrected chi connectivity index (χ0v) is 9.75. The molecule has 0 aromatic carbocycles. The molecule has 0 aliphatic heterocycles. The Morgan fingerprint density at radius 1 is 1.69 bits per heavy atom. The van der Waals surface area contributed by atoms with Crippen LogP contribution in [0, 0.1) is 0 Å². The Bertz CT molecular complexity index is 160. The van der Waals surface area contributed by atoms with E-state index in [1.165, 1.54) is 6.08 Å². The predicted molar refractivity (Wildman–Crippen MR) is 61.5 cm³/mol. The number of carbonyl (C=O) groups excluding carboxylic acids is 1. The summed E-state index contributed by atoms with van der Waals surface area (Å²) < 4.78 is 4.95. The van der Waals surface area contributed by atoms with Gasteiger partial charge in [-0.1, -0.05) is 13.5 Å². The second-order valence-corrected chi connectivity index (χ2v) is 4.81. The maximum absolute atomic E-state index is 10.7. The molecule has 2 nitrogen and oxygen atoms in total. The molecular weight excluding hydrogens is 204 g/mol. The Morgan fingerprint density at radius 2 is 2.38 bits per heavy atom. The van der Waals surface area contributed by atoms with Crippen LogP contribution in [0.4, 0.5) is 0 Å². The maximum Gasteiger partial charge on any atom is 0.330 e. The van der Waals surface area contributed by atoms with Gasteiger partial charge in [-0.25, -0.2) is 4.79 Å². The van der Waals surface area contributed by atoms with Gasteiger partial charge in [0, 0.05) is 17.1 Å². The molecule has 0 aliphatic carbocycles. The van der Waals surface area contributed by atoms with E-state index in [1.54, 1.807) is 11.8 Å². The fourth-order valence-electron chi connectivity index (χ4n) is 0.667. The SMILES string of the molecule is C=CC(=O)OCC(CSCC)SC. The molecule has 76 valence electrons. The Kier molecular flexibility index (Phi) is 8.45. The zero-order chi connectivity index (χ0) is 10.1. The summed E-state index contributed by atoms with van der Waals surface area (Å²) in [6.45, 7) is 5.95. The average Bonchev–Trinajstić information content (AvgIpc) is 2.17. The molecule has 0 N–H and O–H groups in total. The molecular formula is C9H16O2S2. The lowest BCUT2D eigenvalue weighted by atomic mass is 10.5. The minimum Gasteiger partial charge on any atom is -0.461 e. The van der Waals surface area contributed by atoms with Crippen molar-refractivity contribution in [3.8, 4) is 0 Å². The molecule has 1 unspecified atom stereocenters. The molecule has 0 spiro atoms. The van der Waals surface area contributed by atoms with E-state index in [0.717, 1.165) is 11.5 Å². The first-order valence-corrected chi connectivity index (χ1v) is 6.58.